The minimum Gasteiger partial charge on any atom is -0.259 e. The van der Waals surface area contributed by atoms with Gasteiger partial charge in [-0.2, -0.15) is 0 Å². The highest BCUT2D eigenvalue weighted by atomic mass is 79.9. The van der Waals surface area contributed by atoms with Crippen LogP contribution in [0, 0.1) is 10.1 Å². The van der Waals surface area contributed by atoms with Crippen LogP contribution in [0.4, 0.5) is 5.69 Å². The van der Waals surface area contributed by atoms with Crippen LogP contribution in [0.1, 0.15) is 17.4 Å². The Balaban J connectivity index is 2.28. The monoisotopic (exact) mass is 306 g/mol. The summed E-state index contributed by atoms with van der Waals surface area (Å²) >= 11 is 3.45. The van der Waals surface area contributed by atoms with Gasteiger partial charge in [-0.1, -0.05) is 22.0 Å². The van der Waals surface area contributed by atoms with Crippen molar-refractivity contribution in [3.8, 4) is 11.1 Å². The maximum atomic E-state index is 10.6. The number of aromatic nitrogens is 1. The molecule has 1 unspecified atom stereocenters. The van der Waals surface area contributed by atoms with E-state index in [2.05, 4.69) is 20.9 Å². The Morgan fingerprint density at radius 1 is 1.17 bits per heavy atom. The maximum absolute atomic E-state index is 10.6. The zero-order valence-corrected chi connectivity index (χ0v) is 11.3. The molecular weight excluding hydrogens is 296 g/mol. The lowest BCUT2D eigenvalue weighted by molar-refractivity contribution is -0.384. The van der Waals surface area contributed by atoms with E-state index in [1.54, 1.807) is 18.3 Å². The van der Waals surface area contributed by atoms with Crippen molar-refractivity contribution in [2.24, 2.45) is 0 Å². The van der Waals surface area contributed by atoms with Crippen LogP contribution < -0.4 is 0 Å². The molecule has 0 aliphatic rings. The molecule has 0 amide bonds. The van der Waals surface area contributed by atoms with E-state index in [9.17, 15) is 10.1 Å². The number of nitrogens with zero attached hydrogens (tertiary/aromatic N) is 2. The molecule has 18 heavy (non-hydrogen) atoms. The van der Waals surface area contributed by atoms with Gasteiger partial charge in [0, 0.05) is 23.9 Å². The second kappa shape index (κ2) is 5.27. The van der Waals surface area contributed by atoms with Crippen LogP contribution in [0.3, 0.4) is 0 Å². The lowest BCUT2D eigenvalue weighted by Gasteiger charge is -2.05. The van der Waals surface area contributed by atoms with Crippen molar-refractivity contribution >= 4 is 21.6 Å². The van der Waals surface area contributed by atoms with Crippen LogP contribution in [0.25, 0.3) is 11.1 Å². The number of hydrogen-bond donors (Lipinski definition) is 0. The molecule has 0 spiro atoms. The van der Waals surface area contributed by atoms with Crippen LogP contribution in [0.5, 0.6) is 0 Å². The molecule has 2 aromatic rings. The fraction of sp³-hybridized carbons (Fsp3) is 0.154. The highest BCUT2D eigenvalue weighted by molar-refractivity contribution is 9.09. The summed E-state index contributed by atoms with van der Waals surface area (Å²) in [6.45, 7) is 2.01. The number of halogens is 1. The minimum absolute atomic E-state index is 0.0948. The SMILES string of the molecule is CC(Br)c1ccc(-c2ccc([N+](=O)[O-])cc2)cn1. The smallest absolute Gasteiger partial charge is 0.259 e. The van der Waals surface area contributed by atoms with Gasteiger partial charge >= 0.3 is 0 Å². The lowest BCUT2D eigenvalue weighted by atomic mass is 10.1. The topological polar surface area (TPSA) is 56.0 Å². The summed E-state index contributed by atoms with van der Waals surface area (Å²) in [5.41, 5.74) is 2.92. The molecule has 2 rings (SSSR count). The fourth-order valence-electron chi connectivity index (χ4n) is 1.59. The predicted molar refractivity (Wildman–Crippen MR) is 73.7 cm³/mol. The second-order valence-electron chi connectivity index (χ2n) is 3.89. The van der Waals surface area contributed by atoms with Gasteiger partial charge in [-0.25, -0.2) is 0 Å². The zero-order chi connectivity index (χ0) is 13.1. The van der Waals surface area contributed by atoms with Gasteiger partial charge in [0.25, 0.3) is 5.69 Å². The molecule has 5 heteroatoms. The largest absolute Gasteiger partial charge is 0.269 e. The molecule has 0 saturated carbocycles. The Kier molecular flexibility index (Phi) is 3.72. The number of alkyl halides is 1. The number of nitro benzene ring substituents is 1. The molecule has 0 saturated heterocycles. The van der Waals surface area contributed by atoms with Gasteiger partial charge in [-0.15, -0.1) is 0 Å². The highest BCUT2D eigenvalue weighted by Gasteiger charge is 2.06. The van der Waals surface area contributed by atoms with E-state index in [-0.39, 0.29) is 10.5 Å². The molecule has 0 fully saturated rings. The highest BCUT2D eigenvalue weighted by Crippen LogP contribution is 2.24. The van der Waals surface area contributed by atoms with Crippen molar-refractivity contribution in [1.82, 2.24) is 4.98 Å². The summed E-state index contributed by atoms with van der Waals surface area (Å²) in [6, 6.07) is 10.4. The number of rotatable bonds is 3. The molecule has 1 heterocycles. The average Bonchev–Trinajstić information content (AvgIpc) is 2.39. The van der Waals surface area contributed by atoms with Gasteiger partial charge in [-0.05, 0) is 30.7 Å². The predicted octanol–water partition coefficient (Wildman–Crippen LogP) is 4.11. The quantitative estimate of drug-likeness (QED) is 0.487. The average molecular weight is 307 g/mol. The molecule has 92 valence electrons. The van der Waals surface area contributed by atoms with Crippen molar-refractivity contribution in [3.05, 3.63) is 58.4 Å². The minimum atomic E-state index is -0.405. The first kappa shape index (κ1) is 12.7. The van der Waals surface area contributed by atoms with Crippen molar-refractivity contribution in [2.45, 2.75) is 11.8 Å². The number of pyridine rings is 1. The molecule has 0 N–H and O–H groups in total. The van der Waals surface area contributed by atoms with Crippen molar-refractivity contribution in [2.75, 3.05) is 0 Å². The molecular formula is C13H11BrN2O2. The van der Waals surface area contributed by atoms with E-state index in [1.165, 1.54) is 12.1 Å². The van der Waals surface area contributed by atoms with Crippen LogP contribution in [0.2, 0.25) is 0 Å². The molecule has 0 aliphatic heterocycles. The molecule has 0 aliphatic carbocycles. The first-order valence-corrected chi connectivity index (χ1v) is 6.34. The molecule has 4 nitrogen and oxygen atoms in total. The molecule has 1 aromatic heterocycles. The Morgan fingerprint density at radius 2 is 1.78 bits per heavy atom. The number of benzene rings is 1. The van der Waals surface area contributed by atoms with Crippen LogP contribution in [-0.4, -0.2) is 9.91 Å². The molecule has 0 bridgehead atoms. The van der Waals surface area contributed by atoms with Crippen molar-refractivity contribution in [3.63, 3.8) is 0 Å². The van der Waals surface area contributed by atoms with E-state index in [0.717, 1.165) is 16.8 Å². The van der Waals surface area contributed by atoms with Crippen LogP contribution >= 0.6 is 15.9 Å². The Bertz CT molecular complexity index is 550. The summed E-state index contributed by atoms with van der Waals surface area (Å²) in [7, 11) is 0. The lowest BCUT2D eigenvalue weighted by Crippen LogP contribution is -1.90. The normalized spacial score (nSPS) is 12.1. The van der Waals surface area contributed by atoms with E-state index in [0.29, 0.717) is 0 Å². The standard InChI is InChI=1S/C13H11BrN2O2/c1-9(14)13-7-4-11(8-15-13)10-2-5-12(6-3-10)16(17)18/h2-9H,1H3. The van der Waals surface area contributed by atoms with E-state index >= 15 is 0 Å². The third kappa shape index (κ3) is 2.73. The Hall–Kier alpha value is -1.75. The molecule has 0 radical (unpaired) electrons. The number of non-ortho nitro benzene ring substituents is 1. The van der Waals surface area contributed by atoms with Gasteiger partial charge in [-0.3, -0.25) is 15.1 Å². The van der Waals surface area contributed by atoms with E-state index < -0.39 is 4.92 Å². The van der Waals surface area contributed by atoms with E-state index in [4.69, 9.17) is 0 Å². The summed E-state index contributed by atoms with van der Waals surface area (Å²) in [5.74, 6) is 0. The van der Waals surface area contributed by atoms with Crippen LogP contribution in [-0.2, 0) is 0 Å². The van der Waals surface area contributed by atoms with Gasteiger partial charge < -0.3 is 0 Å². The van der Waals surface area contributed by atoms with Gasteiger partial charge in [0.05, 0.1) is 15.4 Å². The zero-order valence-electron chi connectivity index (χ0n) is 9.71. The maximum Gasteiger partial charge on any atom is 0.269 e. The summed E-state index contributed by atoms with van der Waals surface area (Å²) in [5, 5.41) is 10.6. The molecule has 1 aromatic carbocycles. The summed E-state index contributed by atoms with van der Waals surface area (Å²) < 4.78 is 0. The van der Waals surface area contributed by atoms with Crippen molar-refractivity contribution < 1.29 is 4.92 Å². The summed E-state index contributed by atoms with van der Waals surface area (Å²) in [6.07, 6.45) is 1.77. The first-order valence-electron chi connectivity index (χ1n) is 5.43. The Morgan fingerprint density at radius 3 is 2.22 bits per heavy atom. The fourth-order valence-corrected chi connectivity index (χ4v) is 1.86. The summed E-state index contributed by atoms with van der Waals surface area (Å²) in [4.78, 5) is 14.7. The van der Waals surface area contributed by atoms with Gasteiger partial charge in [0.2, 0.25) is 0 Å². The van der Waals surface area contributed by atoms with E-state index in [1.807, 2.05) is 19.1 Å². The number of nitro groups is 1. The number of hydrogen-bond acceptors (Lipinski definition) is 3. The molecule has 1 atom stereocenters. The van der Waals surface area contributed by atoms with Crippen LogP contribution in [0.15, 0.2) is 42.6 Å². The van der Waals surface area contributed by atoms with Gasteiger partial charge in [0.15, 0.2) is 0 Å². The third-order valence-electron chi connectivity index (χ3n) is 2.61. The first-order chi connectivity index (χ1) is 8.58. The third-order valence-corrected chi connectivity index (χ3v) is 3.07. The second-order valence-corrected chi connectivity index (χ2v) is 5.27. The van der Waals surface area contributed by atoms with Gasteiger partial charge in [0.1, 0.15) is 0 Å². The Labute approximate surface area is 113 Å². The van der Waals surface area contributed by atoms with Crippen molar-refractivity contribution in [1.29, 1.82) is 0 Å².